The molecule has 6 nitrogen and oxygen atoms in total. The lowest BCUT2D eigenvalue weighted by Crippen LogP contribution is -2.64. The highest BCUT2D eigenvalue weighted by atomic mass is 19.4. The van der Waals surface area contributed by atoms with Gasteiger partial charge in [0, 0.05) is 24.5 Å². The number of pyridine rings is 1. The van der Waals surface area contributed by atoms with Crippen molar-refractivity contribution in [3.05, 3.63) is 24.3 Å². The maximum Gasteiger partial charge on any atom is 0.573 e. The zero-order chi connectivity index (χ0) is 24.9. The topological polar surface area (TPSA) is 86.2 Å². The molecular weight excluding hydrogens is 473 g/mol. The van der Waals surface area contributed by atoms with Crippen molar-refractivity contribution in [1.82, 2.24) is 14.5 Å². The van der Waals surface area contributed by atoms with E-state index in [0.717, 1.165) is 29.7 Å². The van der Waals surface area contributed by atoms with Crippen molar-refractivity contribution in [2.45, 2.75) is 75.8 Å². The number of anilines is 1. The van der Waals surface area contributed by atoms with Crippen LogP contribution in [0.25, 0.3) is 11.3 Å². The van der Waals surface area contributed by atoms with Crippen molar-refractivity contribution in [2.24, 2.45) is 5.41 Å². The Bertz CT molecular complexity index is 1030. The summed E-state index contributed by atoms with van der Waals surface area (Å²) in [6.45, 7) is 0.101. The molecule has 34 heavy (non-hydrogen) atoms. The minimum Gasteiger partial charge on any atom is -0.402 e. The third-order valence-electron chi connectivity index (χ3n) is 6.45. The molecule has 2 aromatic rings. The van der Waals surface area contributed by atoms with Gasteiger partial charge in [-0.15, -0.1) is 13.2 Å². The number of aromatic nitrogens is 3. The standard InChI is InChI=1S/C21H23F7N4O2/c22-19-9-18(10-19,11-19)4-2-1-3-5-32-8-13(31-17(32)15(33)20(23,24)25)12-6-14(16(29)30-7-12)34-21(26,27)28/h6-8,15,33H,1-5,9-11H2,(H2,29,30). The predicted octanol–water partition coefficient (Wildman–Crippen LogP) is 5.47. The van der Waals surface area contributed by atoms with Crippen molar-refractivity contribution >= 4 is 5.82 Å². The highest BCUT2D eigenvalue weighted by molar-refractivity contribution is 5.63. The molecule has 188 valence electrons. The van der Waals surface area contributed by atoms with E-state index in [4.69, 9.17) is 5.73 Å². The van der Waals surface area contributed by atoms with Gasteiger partial charge < -0.3 is 20.1 Å². The fourth-order valence-corrected chi connectivity index (χ4v) is 5.00. The molecule has 3 aliphatic carbocycles. The van der Waals surface area contributed by atoms with E-state index in [1.54, 1.807) is 0 Å². The maximum atomic E-state index is 13.6. The smallest absolute Gasteiger partial charge is 0.402 e. The third-order valence-corrected chi connectivity index (χ3v) is 6.45. The lowest BCUT2D eigenvalue weighted by molar-refractivity contribution is -0.274. The van der Waals surface area contributed by atoms with Crippen LogP contribution in [0, 0.1) is 5.41 Å². The van der Waals surface area contributed by atoms with E-state index >= 15 is 0 Å². The fourth-order valence-electron chi connectivity index (χ4n) is 5.00. The van der Waals surface area contributed by atoms with Gasteiger partial charge in [0.1, 0.15) is 11.5 Å². The summed E-state index contributed by atoms with van der Waals surface area (Å²) < 4.78 is 95.8. The van der Waals surface area contributed by atoms with Crippen LogP contribution in [0.1, 0.15) is 56.9 Å². The molecule has 0 radical (unpaired) electrons. The molecule has 1 unspecified atom stereocenters. The molecule has 0 spiro atoms. The molecule has 2 bridgehead atoms. The molecule has 0 amide bonds. The molecule has 3 saturated carbocycles. The summed E-state index contributed by atoms with van der Waals surface area (Å²) in [6.07, 6.45) is -6.07. The second-order valence-electron chi connectivity index (χ2n) is 9.27. The second kappa shape index (κ2) is 8.28. The summed E-state index contributed by atoms with van der Waals surface area (Å²) >= 11 is 0. The Morgan fingerprint density at radius 3 is 2.38 bits per heavy atom. The molecule has 0 aromatic carbocycles. The van der Waals surface area contributed by atoms with E-state index < -0.39 is 41.7 Å². The number of imidazole rings is 1. The second-order valence-corrected chi connectivity index (χ2v) is 9.27. The van der Waals surface area contributed by atoms with Gasteiger partial charge in [-0.3, -0.25) is 0 Å². The molecule has 3 fully saturated rings. The van der Waals surface area contributed by atoms with Gasteiger partial charge >= 0.3 is 12.5 Å². The summed E-state index contributed by atoms with van der Waals surface area (Å²) in [5.41, 5.74) is 4.32. The Morgan fingerprint density at radius 2 is 1.79 bits per heavy atom. The van der Waals surface area contributed by atoms with Gasteiger partial charge in [0.05, 0.1) is 5.69 Å². The summed E-state index contributed by atoms with van der Waals surface area (Å²) in [6, 6.07) is 0.869. The number of aliphatic hydroxyl groups excluding tert-OH is 1. The fraction of sp³-hybridized carbons (Fsp3) is 0.619. The predicted molar refractivity (Wildman–Crippen MR) is 106 cm³/mol. The number of nitrogens with zero attached hydrogens (tertiary/aromatic N) is 3. The number of aliphatic hydroxyl groups is 1. The molecule has 3 aliphatic rings. The number of unbranched alkanes of at least 4 members (excludes halogenated alkanes) is 2. The van der Waals surface area contributed by atoms with E-state index in [0.29, 0.717) is 32.1 Å². The summed E-state index contributed by atoms with van der Waals surface area (Å²) in [5.74, 6) is -2.06. The van der Waals surface area contributed by atoms with Crippen molar-refractivity contribution in [2.75, 3.05) is 5.73 Å². The van der Waals surface area contributed by atoms with Gasteiger partial charge in [0.2, 0.25) is 6.10 Å². The van der Waals surface area contributed by atoms with Crippen LogP contribution in [0.2, 0.25) is 0 Å². The van der Waals surface area contributed by atoms with E-state index in [1.165, 1.54) is 6.20 Å². The van der Waals surface area contributed by atoms with Gasteiger partial charge in [0.15, 0.2) is 11.6 Å². The Balaban J connectivity index is 1.47. The molecule has 2 heterocycles. The summed E-state index contributed by atoms with van der Waals surface area (Å²) in [7, 11) is 0. The number of hydrogen-bond donors (Lipinski definition) is 2. The van der Waals surface area contributed by atoms with Crippen molar-refractivity contribution < 1.29 is 40.6 Å². The number of halogens is 7. The number of alkyl halides is 7. The first kappa shape index (κ1) is 24.6. The molecule has 3 N–H and O–H groups in total. The first-order valence-electron chi connectivity index (χ1n) is 10.7. The Morgan fingerprint density at radius 1 is 1.12 bits per heavy atom. The van der Waals surface area contributed by atoms with E-state index in [9.17, 15) is 35.8 Å². The number of ether oxygens (including phenoxy) is 1. The minimum absolute atomic E-state index is 0.0633. The molecule has 0 aliphatic heterocycles. The first-order valence-corrected chi connectivity index (χ1v) is 10.7. The average molecular weight is 496 g/mol. The van der Waals surface area contributed by atoms with Crippen molar-refractivity contribution in [3.8, 4) is 17.0 Å². The van der Waals surface area contributed by atoms with Gasteiger partial charge in [-0.1, -0.05) is 12.8 Å². The Kier molecular flexibility index (Phi) is 5.98. The van der Waals surface area contributed by atoms with Crippen molar-refractivity contribution in [3.63, 3.8) is 0 Å². The zero-order valence-corrected chi connectivity index (χ0v) is 17.9. The van der Waals surface area contributed by atoms with Crippen LogP contribution < -0.4 is 10.5 Å². The highest BCUT2D eigenvalue weighted by Gasteiger charge is 2.68. The van der Waals surface area contributed by atoms with Crippen LogP contribution in [0.4, 0.5) is 36.6 Å². The molecule has 5 rings (SSSR count). The van der Waals surface area contributed by atoms with Crippen LogP contribution in [-0.2, 0) is 6.54 Å². The van der Waals surface area contributed by atoms with Crippen LogP contribution in [-0.4, -0.2) is 37.8 Å². The number of aryl methyl sites for hydroxylation is 1. The van der Waals surface area contributed by atoms with Crippen LogP contribution in [0.15, 0.2) is 18.5 Å². The molecule has 13 heteroatoms. The largest absolute Gasteiger partial charge is 0.573 e. The zero-order valence-electron chi connectivity index (χ0n) is 17.9. The van der Waals surface area contributed by atoms with E-state index in [1.807, 2.05) is 0 Å². The molecule has 2 aromatic heterocycles. The molecule has 0 saturated heterocycles. The van der Waals surface area contributed by atoms with Gasteiger partial charge in [-0.2, -0.15) is 13.2 Å². The molecule has 1 atom stereocenters. The number of rotatable bonds is 9. The minimum atomic E-state index is -5.05. The normalized spacial score (nSPS) is 24.9. The lowest BCUT2D eigenvalue weighted by Gasteiger charge is -2.66. The number of nitrogen functional groups attached to an aromatic ring is 1. The van der Waals surface area contributed by atoms with Gasteiger partial charge in [-0.05, 0) is 43.6 Å². The highest BCUT2D eigenvalue weighted by Crippen LogP contribution is 2.71. The average Bonchev–Trinajstić information content (AvgIpc) is 3.08. The number of nitrogens with two attached hydrogens (primary N) is 1. The van der Waals surface area contributed by atoms with Gasteiger partial charge in [0.25, 0.3) is 0 Å². The van der Waals surface area contributed by atoms with Crippen LogP contribution in [0.5, 0.6) is 5.75 Å². The van der Waals surface area contributed by atoms with Crippen molar-refractivity contribution in [1.29, 1.82) is 0 Å². The Hall–Kier alpha value is -2.57. The SMILES string of the molecule is Nc1ncc(-c2cn(CCCCCC34CC(F)(C3)C4)c(C(O)C(F)(F)F)n2)cc1OC(F)(F)F. The summed E-state index contributed by atoms with van der Waals surface area (Å²) in [4.78, 5) is 7.42. The monoisotopic (exact) mass is 496 g/mol. The van der Waals surface area contributed by atoms with Gasteiger partial charge in [-0.25, -0.2) is 14.4 Å². The Labute approximate surface area is 189 Å². The van der Waals surface area contributed by atoms with Crippen LogP contribution >= 0.6 is 0 Å². The quantitative estimate of drug-likeness (QED) is 0.355. The first-order chi connectivity index (χ1) is 15.7. The number of hydrogen-bond acceptors (Lipinski definition) is 5. The lowest BCUT2D eigenvalue weighted by atomic mass is 9.41. The van der Waals surface area contributed by atoms with E-state index in [-0.39, 0.29) is 23.2 Å². The third kappa shape index (κ3) is 5.08. The van der Waals surface area contributed by atoms with Crippen LogP contribution in [0.3, 0.4) is 0 Å². The summed E-state index contributed by atoms with van der Waals surface area (Å²) in [5, 5.41) is 9.78. The maximum absolute atomic E-state index is 13.6. The molecular formula is C21H23F7N4O2. The van der Waals surface area contributed by atoms with E-state index in [2.05, 4.69) is 14.7 Å².